The van der Waals surface area contributed by atoms with E-state index in [0.29, 0.717) is 17.6 Å². The summed E-state index contributed by atoms with van der Waals surface area (Å²) < 4.78 is 5.23. The first-order valence-corrected chi connectivity index (χ1v) is 8.59. The quantitative estimate of drug-likeness (QED) is 0.909. The van der Waals surface area contributed by atoms with Crippen LogP contribution in [0.1, 0.15) is 31.2 Å². The Kier molecular flexibility index (Phi) is 5.36. The van der Waals surface area contributed by atoms with E-state index in [2.05, 4.69) is 9.88 Å². The number of aromatic nitrogens is 1. The van der Waals surface area contributed by atoms with Gasteiger partial charge in [0.25, 0.3) is 5.56 Å². The van der Waals surface area contributed by atoms with Gasteiger partial charge in [0, 0.05) is 42.4 Å². The van der Waals surface area contributed by atoms with E-state index in [1.165, 1.54) is 19.3 Å². The van der Waals surface area contributed by atoms with Gasteiger partial charge in [0.1, 0.15) is 0 Å². The molecule has 1 aliphatic rings. The lowest BCUT2D eigenvalue weighted by molar-refractivity contribution is 0.0971. The number of rotatable bonds is 5. The number of halogens is 1. The molecular weight excluding hydrogens is 312 g/mol. The summed E-state index contributed by atoms with van der Waals surface area (Å²) in [5.74, 6) is 0. The molecule has 0 saturated carbocycles. The Morgan fingerprint density at radius 1 is 1.35 bits per heavy atom. The number of fused-ring (bicyclic) bond motifs is 1. The monoisotopic (exact) mass is 334 g/mol. The number of ether oxygens (including phenoxy) is 1. The Morgan fingerprint density at radius 3 is 3.04 bits per heavy atom. The van der Waals surface area contributed by atoms with Crippen molar-refractivity contribution in [2.24, 2.45) is 0 Å². The van der Waals surface area contributed by atoms with Crippen molar-refractivity contribution in [3.05, 3.63) is 45.2 Å². The molecule has 1 atom stereocenters. The Labute approximate surface area is 141 Å². The molecule has 2 aromatic rings. The maximum absolute atomic E-state index is 12.4. The highest BCUT2D eigenvalue weighted by Gasteiger charge is 2.23. The van der Waals surface area contributed by atoms with Crippen LogP contribution in [0.3, 0.4) is 0 Å². The third kappa shape index (κ3) is 3.94. The van der Waals surface area contributed by atoms with E-state index in [1.54, 1.807) is 13.2 Å². The van der Waals surface area contributed by atoms with Crippen LogP contribution in [0.2, 0.25) is 5.02 Å². The van der Waals surface area contributed by atoms with Crippen molar-refractivity contribution in [3.63, 3.8) is 0 Å². The number of nitrogens with zero attached hydrogens (tertiary/aromatic N) is 1. The van der Waals surface area contributed by atoms with Crippen molar-refractivity contribution < 1.29 is 4.74 Å². The molecule has 1 N–H and O–H groups in total. The predicted molar refractivity (Wildman–Crippen MR) is 94.1 cm³/mol. The largest absolute Gasteiger partial charge is 0.385 e. The fraction of sp³-hybridized carbons (Fsp3) is 0.500. The van der Waals surface area contributed by atoms with Gasteiger partial charge >= 0.3 is 0 Å². The number of aromatic amines is 1. The number of pyridine rings is 1. The van der Waals surface area contributed by atoms with Crippen LogP contribution in [0.15, 0.2) is 29.1 Å². The van der Waals surface area contributed by atoms with Crippen molar-refractivity contribution >= 4 is 22.5 Å². The van der Waals surface area contributed by atoms with E-state index in [1.807, 2.05) is 18.2 Å². The average molecular weight is 335 g/mol. The van der Waals surface area contributed by atoms with Crippen molar-refractivity contribution in [3.8, 4) is 0 Å². The summed E-state index contributed by atoms with van der Waals surface area (Å²) in [4.78, 5) is 17.8. The normalized spacial score (nSPS) is 19.3. The molecular formula is C18H23ClN2O2. The van der Waals surface area contributed by atoms with Gasteiger partial charge in [0.2, 0.25) is 0 Å². The molecule has 0 spiro atoms. The first-order chi connectivity index (χ1) is 11.2. The molecule has 1 saturated heterocycles. The summed E-state index contributed by atoms with van der Waals surface area (Å²) in [6.07, 6.45) is 4.67. The minimum absolute atomic E-state index is 0.0177. The first kappa shape index (κ1) is 16.5. The maximum atomic E-state index is 12.4. The number of nitrogens with one attached hydrogen (secondary N) is 1. The molecule has 23 heavy (non-hydrogen) atoms. The second kappa shape index (κ2) is 7.47. The van der Waals surface area contributed by atoms with Crippen LogP contribution in [-0.2, 0) is 11.3 Å². The minimum Gasteiger partial charge on any atom is -0.385 e. The lowest BCUT2D eigenvalue weighted by Gasteiger charge is -2.35. The number of H-pyrrole nitrogens is 1. The highest BCUT2D eigenvalue weighted by atomic mass is 35.5. The minimum atomic E-state index is -0.0177. The number of hydrogen-bond donors (Lipinski definition) is 1. The highest BCUT2D eigenvalue weighted by Crippen LogP contribution is 2.22. The molecule has 1 aromatic carbocycles. The lowest BCUT2D eigenvalue weighted by Crippen LogP contribution is -2.40. The van der Waals surface area contributed by atoms with Crippen LogP contribution >= 0.6 is 11.6 Å². The van der Waals surface area contributed by atoms with Gasteiger partial charge in [0.05, 0.1) is 0 Å². The summed E-state index contributed by atoms with van der Waals surface area (Å²) in [6.45, 7) is 2.52. The fourth-order valence-electron chi connectivity index (χ4n) is 3.40. The number of piperidine rings is 1. The molecule has 0 bridgehead atoms. The van der Waals surface area contributed by atoms with Crippen molar-refractivity contribution in [1.82, 2.24) is 9.88 Å². The van der Waals surface area contributed by atoms with Gasteiger partial charge in [-0.1, -0.05) is 24.1 Å². The van der Waals surface area contributed by atoms with Crippen LogP contribution in [0.4, 0.5) is 0 Å². The molecule has 3 rings (SSSR count). The zero-order valence-corrected chi connectivity index (χ0v) is 14.2. The third-order valence-electron chi connectivity index (χ3n) is 4.66. The van der Waals surface area contributed by atoms with Crippen molar-refractivity contribution in [1.29, 1.82) is 0 Å². The molecule has 0 aliphatic carbocycles. The van der Waals surface area contributed by atoms with Gasteiger partial charge in [-0.15, -0.1) is 0 Å². The van der Waals surface area contributed by atoms with E-state index in [4.69, 9.17) is 16.3 Å². The molecule has 2 heterocycles. The average Bonchev–Trinajstić information content (AvgIpc) is 2.55. The Bertz CT molecular complexity index is 729. The number of hydrogen-bond acceptors (Lipinski definition) is 3. The molecule has 5 heteroatoms. The number of methoxy groups -OCH3 is 1. The maximum Gasteiger partial charge on any atom is 0.252 e. The first-order valence-electron chi connectivity index (χ1n) is 8.22. The zero-order chi connectivity index (χ0) is 16.2. The Hall–Kier alpha value is -1.36. The molecule has 1 unspecified atom stereocenters. The van der Waals surface area contributed by atoms with Crippen LogP contribution in [0.25, 0.3) is 10.9 Å². The van der Waals surface area contributed by atoms with E-state index in [0.717, 1.165) is 36.0 Å². The van der Waals surface area contributed by atoms with Crippen LogP contribution in [0.5, 0.6) is 0 Å². The van der Waals surface area contributed by atoms with Crippen LogP contribution < -0.4 is 5.56 Å². The van der Waals surface area contributed by atoms with E-state index in [-0.39, 0.29) is 5.56 Å². The summed E-state index contributed by atoms with van der Waals surface area (Å²) >= 11 is 5.99. The zero-order valence-electron chi connectivity index (χ0n) is 13.5. The van der Waals surface area contributed by atoms with Gasteiger partial charge < -0.3 is 9.72 Å². The third-order valence-corrected chi connectivity index (χ3v) is 4.90. The smallest absolute Gasteiger partial charge is 0.252 e. The SMILES string of the molecule is COCCC1CCCCN1Cc1cc2ccc(Cl)cc2[nH]c1=O. The molecule has 4 nitrogen and oxygen atoms in total. The lowest BCUT2D eigenvalue weighted by atomic mass is 9.99. The van der Waals surface area contributed by atoms with Crippen molar-refractivity contribution in [2.75, 3.05) is 20.3 Å². The summed E-state index contributed by atoms with van der Waals surface area (Å²) in [5.41, 5.74) is 1.60. The highest BCUT2D eigenvalue weighted by molar-refractivity contribution is 6.31. The molecule has 124 valence electrons. The van der Waals surface area contributed by atoms with Gasteiger partial charge in [-0.25, -0.2) is 0 Å². The molecule has 0 amide bonds. The van der Waals surface area contributed by atoms with Crippen LogP contribution in [0, 0.1) is 0 Å². The van der Waals surface area contributed by atoms with Gasteiger partial charge in [-0.3, -0.25) is 9.69 Å². The molecule has 1 aliphatic heterocycles. The number of likely N-dealkylation sites (tertiary alicyclic amines) is 1. The standard InChI is InChI=1S/C18H23ClN2O2/c1-23-9-7-16-4-2-3-8-21(16)12-14-10-13-5-6-15(19)11-17(13)20-18(14)22/h5-6,10-11,16H,2-4,7-9,12H2,1H3,(H,20,22). The van der Waals surface area contributed by atoms with Gasteiger partial charge in [-0.2, -0.15) is 0 Å². The van der Waals surface area contributed by atoms with E-state index in [9.17, 15) is 4.79 Å². The van der Waals surface area contributed by atoms with E-state index >= 15 is 0 Å². The second-order valence-corrected chi connectivity index (χ2v) is 6.69. The second-order valence-electron chi connectivity index (χ2n) is 6.26. The summed E-state index contributed by atoms with van der Waals surface area (Å²) in [5, 5.41) is 1.66. The van der Waals surface area contributed by atoms with Crippen molar-refractivity contribution in [2.45, 2.75) is 38.3 Å². The molecule has 1 fully saturated rings. The summed E-state index contributed by atoms with van der Waals surface area (Å²) in [7, 11) is 1.74. The molecule has 0 radical (unpaired) electrons. The summed E-state index contributed by atoms with van der Waals surface area (Å²) in [6, 6.07) is 8.10. The van der Waals surface area contributed by atoms with Gasteiger partial charge in [0.15, 0.2) is 0 Å². The number of benzene rings is 1. The topological polar surface area (TPSA) is 45.3 Å². The van der Waals surface area contributed by atoms with E-state index < -0.39 is 0 Å². The molecule has 1 aromatic heterocycles. The Morgan fingerprint density at radius 2 is 2.22 bits per heavy atom. The fourth-order valence-corrected chi connectivity index (χ4v) is 3.58. The van der Waals surface area contributed by atoms with Gasteiger partial charge in [-0.05, 0) is 49.4 Å². The van der Waals surface area contributed by atoms with Crippen LogP contribution in [-0.4, -0.2) is 36.2 Å². The Balaban J connectivity index is 1.83. The predicted octanol–water partition coefficient (Wildman–Crippen LogP) is 3.57.